The number of hydrogen-bond acceptors (Lipinski definition) is 3. The van der Waals surface area contributed by atoms with E-state index in [9.17, 15) is 13.2 Å². The molecular weight excluding hydrogens is 202 g/mol. The third kappa shape index (κ3) is 4.60. The normalized spacial score (nSPS) is 12.2. The first-order valence-electron chi connectivity index (χ1n) is 4.64. The van der Waals surface area contributed by atoms with Crippen LogP contribution in [-0.2, 0) is 14.6 Å². The van der Waals surface area contributed by atoms with Crippen LogP contribution in [0.1, 0.15) is 27.7 Å². The van der Waals surface area contributed by atoms with E-state index in [0.717, 1.165) is 6.26 Å². The van der Waals surface area contributed by atoms with E-state index in [1.54, 1.807) is 4.90 Å². The van der Waals surface area contributed by atoms with Gasteiger partial charge in [0.25, 0.3) is 0 Å². The molecule has 0 spiro atoms. The average Bonchev–Trinajstić information content (AvgIpc) is 1.78. The molecule has 0 rings (SSSR count). The Balaban J connectivity index is 4.63. The summed E-state index contributed by atoms with van der Waals surface area (Å²) < 4.78 is 21.9. The predicted molar refractivity (Wildman–Crippen MR) is 56.8 cm³/mol. The zero-order chi connectivity index (χ0) is 11.5. The fraction of sp³-hybridized carbons (Fsp3) is 0.889. The highest BCUT2D eigenvalue weighted by atomic mass is 32.2. The summed E-state index contributed by atoms with van der Waals surface area (Å²) in [7, 11) is -3.23. The second-order valence-electron chi connectivity index (χ2n) is 4.06. The highest BCUT2D eigenvalue weighted by Gasteiger charge is 2.22. The summed E-state index contributed by atoms with van der Waals surface area (Å²) in [4.78, 5) is 13.2. The molecule has 0 aromatic carbocycles. The van der Waals surface area contributed by atoms with Crippen LogP contribution in [0.4, 0.5) is 0 Å². The Morgan fingerprint density at radius 3 is 1.71 bits per heavy atom. The molecule has 5 heteroatoms. The van der Waals surface area contributed by atoms with Crippen molar-refractivity contribution in [3.05, 3.63) is 0 Å². The SMILES string of the molecule is CC(C)N(C(=O)CS(C)(=O)=O)C(C)C. The molecule has 0 atom stereocenters. The van der Waals surface area contributed by atoms with Crippen LogP contribution < -0.4 is 0 Å². The predicted octanol–water partition coefficient (Wildman–Crippen LogP) is 0.676. The van der Waals surface area contributed by atoms with Gasteiger partial charge < -0.3 is 4.90 Å². The molecule has 1 amide bonds. The van der Waals surface area contributed by atoms with Gasteiger partial charge in [-0.2, -0.15) is 0 Å². The molecule has 0 aliphatic carbocycles. The summed E-state index contributed by atoms with van der Waals surface area (Å²) in [5.74, 6) is -0.721. The van der Waals surface area contributed by atoms with Crippen molar-refractivity contribution in [3.63, 3.8) is 0 Å². The number of carbonyl (C=O) groups excluding carboxylic acids is 1. The highest BCUT2D eigenvalue weighted by molar-refractivity contribution is 7.91. The minimum absolute atomic E-state index is 0.0317. The molecule has 0 radical (unpaired) electrons. The van der Waals surface area contributed by atoms with Gasteiger partial charge in [-0.25, -0.2) is 8.42 Å². The minimum Gasteiger partial charge on any atom is -0.337 e. The van der Waals surface area contributed by atoms with Crippen molar-refractivity contribution < 1.29 is 13.2 Å². The number of amides is 1. The van der Waals surface area contributed by atoms with Crippen molar-refractivity contribution in [2.75, 3.05) is 12.0 Å². The first-order chi connectivity index (χ1) is 6.15. The standard InChI is InChI=1S/C9H19NO3S/c1-7(2)10(8(3)4)9(11)6-14(5,12)13/h7-8H,6H2,1-5H3. The first-order valence-corrected chi connectivity index (χ1v) is 6.70. The second-order valence-corrected chi connectivity index (χ2v) is 6.20. The van der Waals surface area contributed by atoms with E-state index < -0.39 is 15.6 Å². The van der Waals surface area contributed by atoms with E-state index in [1.807, 2.05) is 27.7 Å². The lowest BCUT2D eigenvalue weighted by Crippen LogP contribution is -2.44. The zero-order valence-electron chi connectivity index (χ0n) is 9.44. The Morgan fingerprint density at radius 2 is 1.50 bits per heavy atom. The van der Waals surface area contributed by atoms with Crippen LogP contribution >= 0.6 is 0 Å². The minimum atomic E-state index is -3.23. The van der Waals surface area contributed by atoms with Gasteiger partial charge in [-0.15, -0.1) is 0 Å². The largest absolute Gasteiger partial charge is 0.337 e. The van der Waals surface area contributed by atoms with E-state index in [2.05, 4.69) is 0 Å². The summed E-state index contributed by atoms with van der Waals surface area (Å²) >= 11 is 0. The zero-order valence-corrected chi connectivity index (χ0v) is 10.3. The quantitative estimate of drug-likeness (QED) is 0.701. The summed E-state index contributed by atoms with van der Waals surface area (Å²) in [6, 6.07) is 0.0634. The number of sulfone groups is 1. The van der Waals surface area contributed by atoms with Gasteiger partial charge in [0.2, 0.25) is 5.91 Å². The van der Waals surface area contributed by atoms with E-state index in [4.69, 9.17) is 0 Å². The fourth-order valence-corrected chi connectivity index (χ4v) is 2.07. The molecule has 0 aliphatic rings. The van der Waals surface area contributed by atoms with E-state index in [1.165, 1.54) is 0 Å². The van der Waals surface area contributed by atoms with E-state index in [0.29, 0.717) is 0 Å². The Morgan fingerprint density at radius 1 is 1.14 bits per heavy atom. The van der Waals surface area contributed by atoms with E-state index >= 15 is 0 Å². The van der Waals surface area contributed by atoms with Crippen LogP contribution in [0.15, 0.2) is 0 Å². The molecular formula is C9H19NO3S. The van der Waals surface area contributed by atoms with Crippen molar-refractivity contribution in [3.8, 4) is 0 Å². The van der Waals surface area contributed by atoms with Gasteiger partial charge in [-0.3, -0.25) is 4.79 Å². The van der Waals surface area contributed by atoms with Crippen LogP contribution in [0.5, 0.6) is 0 Å². The van der Waals surface area contributed by atoms with Crippen LogP contribution in [0.2, 0.25) is 0 Å². The van der Waals surface area contributed by atoms with Gasteiger partial charge in [-0.05, 0) is 27.7 Å². The molecule has 4 nitrogen and oxygen atoms in total. The van der Waals surface area contributed by atoms with Crippen LogP contribution in [0.3, 0.4) is 0 Å². The van der Waals surface area contributed by atoms with Gasteiger partial charge in [0.15, 0.2) is 9.84 Å². The lowest BCUT2D eigenvalue weighted by Gasteiger charge is -2.30. The Kier molecular flexibility index (Phi) is 4.58. The van der Waals surface area contributed by atoms with E-state index in [-0.39, 0.29) is 18.0 Å². The number of hydrogen-bond donors (Lipinski definition) is 0. The second kappa shape index (κ2) is 4.77. The van der Waals surface area contributed by atoms with Gasteiger partial charge in [-0.1, -0.05) is 0 Å². The van der Waals surface area contributed by atoms with Crippen molar-refractivity contribution in [1.29, 1.82) is 0 Å². The molecule has 84 valence electrons. The van der Waals surface area contributed by atoms with Gasteiger partial charge >= 0.3 is 0 Å². The molecule has 0 heterocycles. The molecule has 0 bridgehead atoms. The molecule has 0 aromatic heterocycles. The topological polar surface area (TPSA) is 54.5 Å². The lowest BCUT2D eigenvalue weighted by atomic mass is 10.2. The monoisotopic (exact) mass is 221 g/mol. The lowest BCUT2D eigenvalue weighted by molar-refractivity contribution is -0.131. The summed E-state index contributed by atoms with van der Waals surface area (Å²) in [5.41, 5.74) is 0. The molecule has 14 heavy (non-hydrogen) atoms. The smallest absolute Gasteiger partial charge is 0.238 e. The maximum Gasteiger partial charge on any atom is 0.238 e. The molecule has 0 aliphatic heterocycles. The van der Waals surface area contributed by atoms with Crippen molar-refractivity contribution in [1.82, 2.24) is 4.90 Å². The van der Waals surface area contributed by atoms with Crippen molar-refractivity contribution in [2.24, 2.45) is 0 Å². The maximum absolute atomic E-state index is 11.6. The van der Waals surface area contributed by atoms with Gasteiger partial charge in [0.1, 0.15) is 5.75 Å². The summed E-state index contributed by atoms with van der Waals surface area (Å²) in [6.07, 6.45) is 1.07. The number of carbonyl (C=O) groups is 1. The Labute approximate surface area is 86.2 Å². The number of nitrogens with zero attached hydrogens (tertiary/aromatic N) is 1. The first kappa shape index (κ1) is 13.4. The maximum atomic E-state index is 11.6. The van der Waals surface area contributed by atoms with Crippen LogP contribution in [-0.4, -0.2) is 43.3 Å². The van der Waals surface area contributed by atoms with Gasteiger partial charge in [0.05, 0.1) is 0 Å². The fourth-order valence-electron chi connectivity index (χ4n) is 1.47. The molecule has 0 unspecified atom stereocenters. The molecule has 0 N–H and O–H groups in total. The van der Waals surface area contributed by atoms with Crippen LogP contribution in [0, 0.1) is 0 Å². The third-order valence-electron chi connectivity index (χ3n) is 1.79. The Bertz CT molecular complexity index is 285. The van der Waals surface area contributed by atoms with Crippen LogP contribution in [0.25, 0.3) is 0 Å². The number of rotatable bonds is 4. The van der Waals surface area contributed by atoms with Gasteiger partial charge in [0, 0.05) is 18.3 Å². The molecule has 0 fully saturated rings. The molecule has 0 saturated carbocycles. The van der Waals surface area contributed by atoms with Crippen molar-refractivity contribution >= 4 is 15.7 Å². The molecule has 0 saturated heterocycles. The summed E-state index contributed by atoms with van der Waals surface area (Å²) in [6.45, 7) is 7.50. The van der Waals surface area contributed by atoms with Crippen molar-refractivity contribution in [2.45, 2.75) is 39.8 Å². The molecule has 0 aromatic rings. The Hall–Kier alpha value is -0.580. The third-order valence-corrected chi connectivity index (χ3v) is 2.56. The highest BCUT2D eigenvalue weighted by Crippen LogP contribution is 2.06. The summed E-state index contributed by atoms with van der Waals surface area (Å²) in [5, 5.41) is 0. The average molecular weight is 221 g/mol.